The van der Waals surface area contributed by atoms with E-state index in [0.717, 1.165) is 36.8 Å². The molecule has 0 bridgehead atoms. The highest BCUT2D eigenvalue weighted by molar-refractivity contribution is 5.29. The number of hydrogen-bond acceptors (Lipinski definition) is 5. The summed E-state index contributed by atoms with van der Waals surface area (Å²) in [6.45, 7) is 10.1. The van der Waals surface area contributed by atoms with Crippen molar-refractivity contribution < 1.29 is 0 Å². The molecule has 2 N–H and O–H groups in total. The van der Waals surface area contributed by atoms with Crippen molar-refractivity contribution >= 4 is 0 Å². The van der Waals surface area contributed by atoms with E-state index < -0.39 is 0 Å². The van der Waals surface area contributed by atoms with Crippen molar-refractivity contribution in [1.29, 1.82) is 0 Å². The maximum Gasteiger partial charge on any atom is 0.147 e. The number of aryl methyl sites for hydroxylation is 2. The molecule has 1 aromatic heterocycles. The Labute approximate surface area is 122 Å². The van der Waals surface area contributed by atoms with Crippen LogP contribution in [0.2, 0.25) is 0 Å². The van der Waals surface area contributed by atoms with E-state index >= 15 is 0 Å². The molecule has 20 heavy (non-hydrogen) atoms. The summed E-state index contributed by atoms with van der Waals surface area (Å²) in [6.07, 6.45) is 0. The second-order valence-electron chi connectivity index (χ2n) is 6.06. The van der Waals surface area contributed by atoms with Gasteiger partial charge in [-0.05, 0) is 46.0 Å². The molecule has 2 unspecified atom stereocenters. The van der Waals surface area contributed by atoms with Gasteiger partial charge in [-0.3, -0.25) is 4.90 Å². The van der Waals surface area contributed by atoms with Crippen molar-refractivity contribution in [2.24, 2.45) is 5.73 Å². The molecule has 1 aliphatic heterocycles. The molecule has 0 radical (unpaired) electrons. The van der Waals surface area contributed by atoms with Gasteiger partial charge in [-0.15, -0.1) is 0 Å². The molecule has 112 valence electrons. The Morgan fingerprint density at radius 1 is 1.20 bits per heavy atom. The molecule has 0 spiro atoms. The Kier molecular flexibility index (Phi) is 4.73. The summed E-state index contributed by atoms with van der Waals surface area (Å²) in [5.41, 5.74) is 9.16. The Bertz CT molecular complexity index is 450. The van der Waals surface area contributed by atoms with Gasteiger partial charge >= 0.3 is 0 Å². The summed E-state index contributed by atoms with van der Waals surface area (Å²) in [4.78, 5) is 14.2. The molecule has 0 aliphatic carbocycles. The van der Waals surface area contributed by atoms with E-state index in [-0.39, 0.29) is 6.04 Å². The Morgan fingerprint density at radius 3 is 2.35 bits per heavy atom. The van der Waals surface area contributed by atoms with E-state index in [0.29, 0.717) is 12.5 Å². The van der Waals surface area contributed by atoms with Crippen LogP contribution in [0, 0.1) is 13.8 Å². The summed E-state index contributed by atoms with van der Waals surface area (Å²) in [6, 6.07) is 0.286. The van der Waals surface area contributed by atoms with Crippen LogP contribution in [0.4, 0.5) is 0 Å². The molecule has 1 aliphatic rings. The van der Waals surface area contributed by atoms with Crippen molar-refractivity contribution in [3.05, 3.63) is 22.8 Å². The van der Waals surface area contributed by atoms with Crippen LogP contribution in [0.1, 0.15) is 41.7 Å². The molecule has 0 saturated carbocycles. The van der Waals surface area contributed by atoms with Gasteiger partial charge in [0.05, 0.1) is 6.04 Å². The zero-order valence-corrected chi connectivity index (χ0v) is 13.3. The lowest BCUT2D eigenvalue weighted by Crippen LogP contribution is -2.45. The first-order valence-corrected chi connectivity index (χ1v) is 7.38. The van der Waals surface area contributed by atoms with Gasteiger partial charge in [0.2, 0.25) is 0 Å². The molecule has 1 fully saturated rings. The van der Waals surface area contributed by atoms with Crippen LogP contribution in [-0.4, -0.2) is 60.0 Å². The average molecular weight is 277 g/mol. The minimum absolute atomic E-state index is 0.286. The molecule has 2 heterocycles. The zero-order chi connectivity index (χ0) is 14.9. The van der Waals surface area contributed by atoms with Gasteiger partial charge in [-0.2, -0.15) is 0 Å². The predicted molar refractivity (Wildman–Crippen MR) is 81.8 cm³/mol. The number of rotatable bonds is 3. The number of hydrogen-bond donors (Lipinski definition) is 1. The van der Waals surface area contributed by atoms with Crippen LogP contribution < -0.4 is 5.73 Å². The standard InChI is InChI=1S/C15H27N5/c1-10(8-16)14-11(2)17-15(18-12(14)3)13-9-19(4)6-7-20(13)5/h10,13H,6-9,16H2,1-5H3. The van der Waals surface area contributed by atoms with Crippen LogP contribution in [-0.2, 0) is 0 Å². The Morgan fingerprint density at radius 2 is 1.80 bits per heavy atom. The highest BCUT2D eigenvalue weighted by Gasteiger charge is 2.27. The third kappa shape index (κ3) is 3.00. The van der Waals surface area contributed by atoms with Crippen LogP contribution in [0.5, 0.6) is 0 Å². The fourth-order valence-corrected chi connectivity index (χ4v) is 3.02. The number of nitrogens with two attached hydrogens (primary N) is 1. The molecule has 2 atom stereocenters. The highest BCUT2D eigenvalue weighted by Crippen LogP contribution is 2.25. The van der Waals surface area contributed by atoms with Gasteiger partial charge in [-0.1, -0.05) is 6.92 Å². The van der Waals surface area contributed by atoms with Crippen LogP contribution in [0.25, 0.3) is 0 Å². The second kappa shape index (κ2) is 6.16. The van der Waals surface area contributed by atoms with E-state index in [2.05, 4.69) is 44.7 Å². The Balaban J connectivity index is 2.34. The molecule has 5 nitrogen and oxygen atoms in total. The summed E-state index contributed by atoms with van der Waals surface area (Å²) < 4.78 is 0. The average Bonchev–Trinajstić information content (AvgIpc) is 2.40. The fraction of sp³-hybridized carbons (Fsp3) is 0.733. The van der Waals surface area contributed by atoms with Crippen LogP contribution in [0.3, 0.4) is 0 Å². The topological polar surface area (TPSA) is 58.3 Å². The van der Waals surface area contributed by atoms with Crippen molar-refractivity contribution in [1.82, 2.24) is 19.8 Å². The number of piperazine rings is 1. The minimum atomic E-state index is 0.286. The van der Waals surface area contributed by atoms with Gasteiger partial charge in [-0.25, -0.2) is 9.97 Å². The SMILES string of the molecule is Cc1nc(C2CN(C)CCN2C)nc(C)c1C(C)CN. The number of nitrogens with zero attached hydrogens (tertiary/aromatic N) is 4. The van der Waals surface area contributed by atoms with Crippen LogP contribution in [0.15, 0.2) is 0 Å². The lowest BCUT2D eigenvalue weighted by molar-refractivity contribution is 0.109. The first-order chi connectivity index (χ1) is 9.43. The summed E-state index contributed by atoms with van der Waals surface area (Å²) in [5, 5.41) is 0. The van der Waals surface area contributed by atoms with Crippen molar-refractivity contribution in [2.75, 3.05) is 40.3 Å². The monoisotopic (exact) mass is 277 g/mol. The molecule has 5 heteroatoms. The third-order valence-electron chi connectivity index (χ3n) is 4.34. The van der Waals surface area contributed by atoms with E-state index in [4.69, 9.17) is 15.7 Å². The van der Waals surface area contributed by atoms with Gasteiger partial charge in [0.25, 0.3) is 0 Å². The first kappa shape index (κ1) is 15.4. The fourth-order valence-electron chi connectivity index (χ4n) is 3.02. The lowest BCUT2D eigenvalue weighted by atomic mass is 9.98. The zero-order valence-electron chi connectivity index (χ0n) is 13.3. The van der Waals surface area contributed by atoms with Crippen LogP contribution >= 0.6 is 0 Å². The summed E-state index contributed by atoms with van der Waals surface area (Å²) >= 11 is 0. The maximum atomic E-state index is 5.79. The van der Waals surface area contributed by atoms with Crippen molar-refractivity contribution in [3.63, 3.8) is 0 Å². The van der Waals surface area contributed by atoms with E-state index in [9.17, 15) is 0 Å². The van der Waals surface area contributed by atoms with Gasteiger partial charge in [0.15, 0.2) is 0 Å². The maximum absolute atomic E-state index is 5.79. The minimum Gasteiger partial charge on any atom is -0.330 e. The van der Waals surface area contributed by atoms with E-state index in [1.807, 2.05) is 0 Å². The quantitative estimate of drug-likeness (QED) is 0.896. The highest BCUT2D eigenvalue weighted by atomic mass is 15.3. The third-order valence-corrected chi connectivity index (χ3v) is 4.34. The normalized spacial score (nSPS) is 23.0. The smallest absolute Gasteiger partial charge is 0.147 e. The van der Waals surface area contributed by atoms with Crippen molar-refractivity contribution in [2.45, 2.75) is 32.7 Å². The van der Waals surface area contributed by atoms with Gasteiger partial charge in [0, 0.05) is 31.0 Å². The number of likely N-dealkylation sites (N-methyl/N-ethyl adjacent to an activating group) is 2. The molecule has 1 aromatic rings. The van der Waals surface area contributed by atoms with E-state index in [1.54, 1.807) is 0 Å². The largest absolute Gasteiger partial charge is 0.330 e. The summed E-state index contributed by atoms with van der Waals surface area (Å²) in [5.74, 6) is 1.26. The van der Waals surface area contributed by atoms with Crippen molar-refractivity contribution in [3.8, 4) is 0 Å². The molecule has 2 rings (SSSR count). The lowest BCUT2D eigenvalue weighted by Gasteiger charge is -2.37. The van der Waals surface area contributed by atoms with E-state index in [1.165, 1.54) is 5.56 Å². The predicted octanol–water partition coefficient (Wildman–Crippen LogP) is 1.07. The molecule has 0 amide bonds. The second-order valence-corrected chi connectivity index (χ2v) is 6.06. The summed E-state index contributed by atoms with van der Waals surface area (Å²) in [7, 11) is 4.31. The van der Waals surface area contributed by atoms with Gasteiger partial charge < -0.3 is 10.6 Å². The molecule has 0 aromatic carbocycles. The number of aromatic nitrogens is 2. The first-order valence-electron chi connectivity index (χ1n) is 7.38. The Hall–Kier alpha value is -1.04. The molecule has 1 saturated heterocycles. The van der Waals surface area contributed by atoms with Gasteiger partial charge in [0.1, 0.15) is 5.82 Å². The molecular formula is C15H27N5. The molecular weight excluding hydrogens is 250 g/mol.